The molecule has 0 radical (unpaired) electrons. The van der Waals surface area contributed by atoms with Gasteiger partial charge < -0.3 is 9.84 Å². The number of hydrogen-bond donors (Lipinski definition) is 1. The zero-order valence-electron chi connectivity index (χ0n) is 10.9. The molecule has 0 aliphatic carbocycles. The topological polar surface area (TPSA) is 46.5 Å². The first kappa shape index (κ1) is 14.7. The third-order valence-corrected chi connectivity index (χ3v) is 2.70. The van der Waals surface area contributed by atoms with Crippen LogP contribution in [0.3, 0.4) is 0 Å². The first-order chi connectivity index (χ1) is 10.0. The highest BCUT2D eigenvalue weighted by Gasteiger charge is 2.04. The van der Waals surface area contributed by atoms with Gasteiger partial charge >= 0.3 is 5.97 Å². The fourth-order valence-electron chi connectivity index (χ4n) is 1.64. The summed E-state index contributed by atoms with van der Waals surface area (Å²) in [6.07, 6.45) is 2.24. The van der Waals surface area contributed by atoms with E-state index in [9.17, 15) is 13.6 Å². The Hall–Kier alpha value is -2.69. The molecule has 0 spiro atoms. The summed E-state index contributed by atoms with van der Waals surface area (Å²) in [5.74, 6) is -1.53. The minimum Gasteiger partial charge on any atom is -0.489 e. The van der Waals surface area contributed by atoms with Crippen LogP contribution >= 0.6 is 0 Å². The Bertz CT molecular complexity index is 664. The average Bonchev–Trinajstić information content (AvgIpc) is 2.46. The zero-order valence-corrected chi connectivity index (χ0v) is 10.9. The number of rotatable bonds is 5. The summed E-state index contributed by atoms with van der Waals surface area (Å²) in [5.41, 5.74) is 0.771. The Morgan fingerprint density at radius 3 is 2.48 bits per heavy atom. The quantitative estimate of drug-likeness (QED) is 0.855. The van der Waals surface area contributed by atoms with Crippen LogP contribution in [-0.4, -0.2) is 11.1 Å². The van der Waals surface area contributed by atoms with Gasteiger partial charge in [-0.1, -0.05) is 12.1 Å². The summed E-state index contributed by atoms with van der Waals surface area (Å²) < 4.78 is 31.9. The van der Waals surface area contributed by atoms with Gasteiger partial charge in [0, 0.05) is 11.6 Å². The van der Waals surface area contributed by atoms with E-state index in [0.717, 1.165) is 6.08 Å². The Balaban J connectivity index is 2.04. The van der Waals surface area contributed by atoms with Crippen molar-refractivity contribution in [1.29, 1.82) is 0 Å². The van der Waals surface area contributed by atoms with E-state index in [-0.39, 0.29) is 12.4 Å². The van der Waals surface area contributed by atoms with Gasteiger partial charge in [0.05, 0.1) is 0 Å². The molecule has 5 heteroatoms. The van der Waals surface area contributed by atoms with E-state index in [1.807, 2.05) is 0 Å². The van der Waals surface area contributed by atoms with Gasteiger partial charge in [0.1, 0.15) is 24.0 Å². The maximum atomic E-state index is 13.8. The molecule has 0 fully saturated rings. The Kier molecular flexibility index (Phi) is 4.66. The number of hydrogen-bond acceptors (Lipinski definition) is 2. The minimum absolute atomic E-state index is 0.000387. The van der Waals surface area contributed by atoms with Crippen LogP contribution in [0, 0.1) is 11.6 Å². The third-order valence-electron chi connectivity index (χ3n) is 2.70. The third kappa shape index (κ3) is 4.42. The Morgan fingerprint density at radius 1 is 1.14 bits per heavy atom. The normalized spacial score (nSPS) is 10.8. The molecule has 108 valence electrons. The number of benzene rings is 2. The summed E-state index contributed by atoms with van der Waals surface area (Å²) in [6, 6.07) is 9.75. The molecule has 0 aromatic heterocycles. The van der Waals surface area contributed by atoms with Gasteiger partial charge in [-0.15, -0.1) is 0 Å². The molecule has 0 aliphatic heterocycles. The van der Waals surface area contributed by atoms with Crippen molar-refractivity contribution in [2.75, 3.05) is 0 Å². The molecule has 0 heterocycles. The lowest BCUT2D eigenvalue weighted by molar-refractivity contribution is -0.131. The molecule has 21 heavy (non-hydrogen) atoms. The van der Waals surface area contributed by atoms with Crippen LogP contribution in [0.15, 0.2) is 48.5 Å². The summed E-state index contributed by atoms with van der Waals surface area (Å²) >= 11 is 0. The van der Waals surface area contributed by atoms with E-state index in [4.69, 9.17) is 9.84 Å². The highest BCUT2D eigenvalue weighted by Crippen LogP contribution is 2.16. The zero-order chi connectivity index (χ0) is 15.2. The van der Waals surface area contributed by atoms with Crippen LogP contribution in [0.5, 0.6) is 5.75 Å². The lowest BCUT2D eigenvalue weighted by atomic mass is 10.1. The molecule has 0 saturated carbocycles. The maximum absolute atomic E-state index is 13.8. The van der Waals surface area contributed by atoms with E-state index in [1.165, 1.54) is 42.5 Å². The van der Waals surface area contributed by atoms with Crippen LogP contribution in [0.25, 0.3) is 6.08 Å². The summed E-state index contributed by atoms with van der Waals surface area (Å²) in [4.78, 5) is 10.4. The van der Waals surface area contributed by atoms with Crippen molar-refractivity contribution in [2.24, 2.45) is 0 Å². The number of halogens is 2. The number of aliphatic carboxylic acids is 1. The monoisotopic (exact) mass is 290 g/mol. The fraction of sp³-hybridized carbons (Fsp3) is 0.0625. The smallest absolute Gasteiger partial charge is 0.328 e. The van der Waals surface area contributed by atoms with Gasteiger partial charge in [-0.3, -0.25) is 0 Å². The summed E-state index contributed by atoms with van der Waals surface area (Å²) in [6.45, 7) is 0.000387. The summed E-state index contributed by atoms with van der Waals surface area (Å²) in [5, 5.41) is 8.50. The number of carbonyl (C=O) groups is 1. The molecule has 0 saturated heterocycles. The second-order valence-electron chi connectivity index (χ2n) is 4.27. The first-order valence-corrected chi connectivity index (χ1v) is 6.12. The van der Waals surface area contributed by atoms with Crippen molar-refractivity contribution in [3.63, 3.8) is 0 Å². The van der Waals surface area contributed by atoms with Crippen molar-refractivity contribution in [2.45, 2.75) is 6.61 Å². The van der Waals surface area contributed by atoms with Crippen LogP contribution in [-0.2, 0) is 11.4 Å². The molecule has 0 atom stereocenters. The van der Waals surface area contributed by atoms with E-state index in [2.05, 4.69) is 0 Å². The molecule has 0 aliphatic rings. The number of carboxylic acid groups (broad SMARTS) is 1. The van der Waals surface area contributed by atoms with Crippen molar-refractivity contribution in [1.82, 2.24) is 0 Å². The van der Waals surface area contributed by atoms with Crippen LogP contribution in [0.4, 0.5) is 8.78 Å². The second kappa shape index (κ2) is 6.65. The first-order valence-electron chi connectivity index (χ1n) is 6.12. The molecular weight excluding hydrogens is 278 g/mol. The molecule has 2 aromatic rings. The van der Waals surface area contributed by atoms with E-state index >= 15 is 0 Å². The number of carboxylic acids is 1. The fourth-order valence-corrected chi connectivity index (χ4v) is 1.64. The standard InChI is InChI=1S/C16H12F2O3/c17-13-4-6-14(7-5-13)21-10-12-3-1-11(9-15(12)18)2-8-16(19)20/h1-9H,10H2,(H,19,20). The minimum atomic E-state index is -1.10. The molecule has 3 nitrogen and oxygen atoms in total. The van der Waals surface area contributed by atoms with Gasteiger partial charge in [0.15, 0.2) is 0 Å². The number of ether oxygens (including phenoxy) is 1. The van der Waals surface area contributed by atoms with Gasteiger partial charge in [-0.2, -0.15) is 0 Å². The lowest BCUT2D eigenvalue weighted by Gasteiger charge is -2.07. The van der Waals surface area contributed by atoms with E-state index in [0.29, 0.717) is 16.9 Å². The van der Waals surface area contributed by atoms with Gasteiger partial charge in [-0.25, -0.2) is 13.6 Å². The van der Waals surface area contributed by atoms with Crippen molar-refractivity contribution in [3.05, 3.63) is 71.3 Å². The Labute approximate surface area is 120 Å². The predicted molar refractivity (Wildman–Crippen MR) is 73.8 cm³/mol. The second-order valence-corrected chi connectivity index (χ2v) is 4.27. The summed E-state index contributed by atoms with van der Waals surface area (Å²) in [7, 11) is 0. The molecule has 0 amide bonds. The maximum Gasteiger partial charge on any atom is 0.328 e. The molecular formula is C16H12F2O3. The highest BCUT2D eigenvalue weighted by molar-refractivity contribution is 5.85. The average molecular weight is 290 g/mol. The van der Waals surface area contributed by atoms with E-state index < -0.39 is 11.8 Å². The predicted octanol–water partition coefficient (Wildman–Crippen LogP) is 3.64. The van der Waals surface area contributed by atoms with Crippen molar-refractivity contribution < 1.29 is 23.4 Å². The molecule has 1 N–H and O–H groups in total. The van der Waals surface area contributed by atoms with Gasteiger partial charge in [0.25, 0.3) is 0 Å². The molecule has 0 bridgehead atoms. The van der Waals surface area contributed by atoms with E-state index in [1.54, 1.807) is 6.07 Å². The van der Waals surface area contributed by atoms with Crippen LogP contribution in [0.1, 0.15) is 11.1 Å². The Morgan fingerprint density at radius 2 is 1.86 bits per heavy atom. The van der Waals surface area contributed by atoms with Gasteiger partial charge in [-0.05, 0) is 42.0 Å². The van der Waals surface area contributed by atoms with Gasteiger partial charge in [0.2, 0.25) is 0 Å². The van der Waals surface area contributed by atoms with Crippen LogP contribution in [0.2, 0.25) is 0 Å². The molecule has 2 aromatic carbocycles. The van der Waals surface area contributed by atoms with Crippen molar-refractivity contribution in [3.8, 4) is 5.75 Å². The van der Waals surface area contributed by atoms with Crippen LogP contribution < -0.4 is 4.74 Å². The molecule has 2 rings (SSSR count). The lowest BCUT2D eigenvalue weighted by Crippen LogP contribution is -1.99. The molecule has 0 unspecified atom stereocenters. The van der Waals surface area contributed by atoms with Crippen molar-refractivity contribution >= 4 is 12.0 Å². The highest BCUT2D eigenvalue weighted by atomic mass is 19.1. The largest absolute Gasteiger partial charge is 0.489 e. The SMILES string of the molecule is O=C(O)C=Cc1ccc(COc2ccc(F)cc2)c(F)c1.